The number of para-hydroxylation sites is 8. The zero-order chi connectivity index (χ0) is 34.1. The highest BCUT2D eigenvalue weighted by Gasteiger charge is 2.22. The molecule has 12 aromatic rings. The zero-order valence-electron chi connectivity index (χ0n) is 28.1. The van der Waals surface area contributed by atoms with E-state index >= 15 is 0 Å². The van der Waals surface area contributed by atoms with Crippen molar-refractivity contribution in [2.45, 2.75) is 0 Å². The van der Waals surface area contributed by atoms with Gasteiger partial charge in [0.1, 0.15) is 0 Å². The molecular formula is C45H29N7. The van der Waals surface area contributed by atoms with Crippen molar-refractivity contribution in [2.24, 2.45) is 7.05 Å². The fourth-order valence-electron chi connectivity index (χ4n) is 8.63. The molecule has 0 saturated heterocycles. The molecule has 7 heteroatoms. The number of fused-ring (bicyclic) bond motifs is 12. The topological polar surface area (TPSA) is 49.9 Å². The molecule has 7 aromatic carbocycles. The summed E-state index contributed by atoms with van der Waals surface area (Å²) in [5.41, 5.74) is 13.1. The normalized spacial score (nSPS) is 12.3. The van der Waals surface area contributed by atoms with Crippen molar-refractivity contribution < 1.29 is 0 Å². The van der Waals surface area contributed by atoms with Crippen LogP contribution in [0.5, 0.6) is 0 Å². The Morgan fingerprint density at radius 3 is 1.62 bits per heavy atom. The van der Waals surface area contributed by atoms with Gasteiger partial charge in [-0.05, 0) is 78.9 Å². The summed E-state index contributed by atoms with van der Waals surface area (Å²) in [6, 6.07) is 56.3. The maximum atomic E-state index is 5.17. The Kier molecular flexibility index (Phi) is 5.32. The minimum Gasteiger partial charge on any atom is -0.313 e. The maximum absolute atomic E-state index is 5.17. The lowest BCUT2D eigenvalue weighted by Crippen LogP contribution is -2.03. The highest BCUT2D eigenvalue weighted by Crippen LogP contribution is 2.40. The molecule has 5 aromatic heterocycles. The van der Waals surface area contributed by atoms with Crippen molar-refractivity contribution in [3.05, 3.63) is 158 Å². The third kappa shape index (κ3) is 3.53. The molecule has 0 radical (unpaired) electrons. The zero-order valence-corrected chi connectivity index (χ0v) is 28.1. The van der Waals surface area contributed by atoms with Gasteiger partial charge in [-0.15, -0.1) is 0 Å². The van der Waals surface area contributed by atoms with E-state index in [0.717, 1.165) is 78.3 Å². The van der Waals surface area contributed by atoms with Crippen LogP contribution in [-0.4, -0.2) is 32.6 Å². The molecule has 0 saturated carbocycles. The number of rotatable bonds is 3. The van der Waals surface area contributed by atoms with Crippen LogP contribution >= 0.6 is 0 Å². The van der Waals surface area contributed by atoms with E-state index in [1.165, 1.54) is 21.5 Å². The fraction of sp³-hybridized carbons (Fsp3) is 0.0222. The highest BCUT2D eigenvalue weighted by molar-refractivity contribution is 6.19. The minimum atomic E-state index is 0.895. The molecule has 0 amide bonds. The number of nitrogens with zero attached hydrogens (tertiary/aromatic N) is 7. The molecular weight excluding hydrogens is 639 g/mol. The van der Waals surface area contributed by atoms with Crippen molar-refractivity contribution in [3.63, 3.8) is 0 Å². The predicted molar refractivity (Wildman–Crippen MR) is 212 cm³/mol. The molecule has 7 nitrogen and oxygen atoms in total. The summed E-state index contributed by atoms with van der Waals surface area (Å²) in [4.78, 5) is 10.3. The number of benzene rings is 7. The van der Waals surface area contributed by atoms with E-state index in [1.54, 1.807) is 0 Å². The van der Waals surface area contributed by atoms with Crippen LogP contribution in [0.4, 0.5) is 0 Å². The van der Waals surface area contributed by atoms with Crippen LogP contribution in [0.15, 0.2) is 158 Å². The van der Waals surface area contributed by atoms with Gasteiger partial charge < -0.3 is 9.13 Å². The summed E-state index contributed by atoms with van der Waals surface area (Å²) in [5.74, 6) is 1.79. The molecule has 12 rings (SSSR count). The summed E-state index contributed by atoms with van der Waals surface area (Å²) >= 11 is 0. The molecule has 0 fully saturated rings. The number of aryl methyl sites for hydroxylation is 1. The molecule has 5 heterocycles. The monoisotopic (exact) mass is 667 g/mol. The van der Waals surface area contributed by atoms with E-state index in [0.29, 0.717) is 0 Å². The molecule has 244 valence electrons. The molecule has 0 spiro atoms. The highest BCUT2D eigenvalue weighted by atomic mass is 15.2. The quantitative estimate of drug-likeness (QED) is 0.188. The Hall–Kier alpha value is -7.12. The van der Waals surface area contributed by atoms with Gasteiger partial charge in [-0.1, -0.05) is 78.9 Å². The molecule has 0 aliphatic rings. The van der Waals surface area contributed by atoms with E-state index in [9.17, 15) is 0 Å². The van der Waals surface area contributed by atoms with E-state index in [4.69, 9.17) is 9.97 Å². The van der Waals surface area contributed by atoms with Crippen molar-refractivity contribution >= 4 is 82.5 Å². The molecule has 52 heavy (non-hydrogen) atoms. The standard InChI is InChI=1S/C45H29N7/c1-48-38-21-8-4-17-34(38)46-44(48)51-37-20-7-3-16-31(37)33-26-32-30-15-2-6-19-36(30)49(42(32)27-43(33)51)28-13-12-14-29(25-28)50-40-23-10-11-24-41(40)52-39-22-9-5-18-35(39)47-45(50)52/h2-27H,1H3. The van der Waals surface area contributed by atoms with Gasteiger partial charge in [0.2, 0.25) is 11.7 Å². The molecule has 0 aliphatic heterocycles. The van der Waals surface area contributed by atoms with E-state index in [1.807, 2.05) is 0 Å². The summed E-state index contributed by atoms with van der Waals surface area (Å²) in [5, 5.41) is 4.85. The summed E-state index contributed by atoms with van der Waals surface area (Å²) in [6.45, 7) is 0. The van der Waals surface area contributed by atoms with E-state index in [2.05, 4.69) is 187 Å². The Balaban J connectivity index is 1.16. The number of imidazole rings is 3. The second kappa shape index (κ2) is 9.99. The van der Waals surface area contributed by atoms with Crippen LogP contribution in [0, 0.1) is 0 Å². The van der Waals surface area contributed by atoms with Crippen LogP contribution < -0.4 is 0 Å². The lowest BCUT2D eigenvalue weighted by atomic mass is 10.1. The predicted octanol–water partition coefficient (Wildman–Crippen LogP) is 10.5. The second-order valence-electron chi connectivity index (χ2n) is 13.6. The van der Waals surface area contributed by atoms with Crippen LogP contribution in [0.25, 0.3) is 99.8 Å². The van der Waals surface area contributed by atoms with Crippen molar-refractivity contribution in [1.82, 2.24) is 32.6 Å². The van der Waals surface area contributed by atoms with Gasteiger partial charge in [0.25, 0.3) is 0 Å². The Morgan fingerprint density at radius 1 is 0.365 bits per heavy atom. The molecule has 0 aliphatic carbocycles. The second-order valence-corrected chi connectivity index (χ2v) is 13.6. The van der Waals surface area contributed by atoms with Gasteiger partial charge >= 0.3 is 0 Å². The van der Waals surface area contributed by atoms with Gasteiger partial charge in [-0.25, -0.2) is 9.97 Å². The first kappa shape index (κ1) is 27.7. The number of aromatic nitrogens is 7. The van der Waals surface area contributed by atoms with E-state index < -0.39 is 0 Å². The number of hydrogen-bond donors (Lipinski definition) is 0. The van der Waals surface area contributed by atoms with Gasteiger partial charge in [0.05, 0.1) is 60.9 Å². The van der Waals surface area contributed by atoms with Gasteiger partial charge in [0, 0.05) is 34.3 Å². The minimum absolute atomic E-state index is 0.895. The first-order valence-electron chi connectivity index (χ1n) is 17.6. The SMILES string of the molecule is Cn1c(-n2c3ccccc3c3cc4c5ccccc5n(-c5cccc(-n6c7ccccc7n7c8ccccc8nc67)c5)c4cc32)nc2ccccc21. The first-order valence-corrected chi connectivity index (χ1v) is 17.6. The maximum Gasteiger partial charge on any atom is 0.220 e. The van der Waals surface area contributed by atoms with E-state index in [-0.39, 0.29) is 0 Å². The van der Waals surface area contributed by atoms with Crippen LogP contribution in [0.2, 0.25) is 0 Å². The fourth-order valence-corrected chi connectivity index (χ4v) is 8.63. The largest absolute Gasteiger partial charge is 0.313 e. The van der Waals surface area contributed by atoms with Crippen molar-refractivity contribution in [2.75, 3.05) is 0 Å². The van der Waals surface area contributed by atoms with Gasteiger partial charge in [0.15, 0.2) is 0 Å². The Morgan fingerprint density at radius 2 is 0.904 bits per heavy atom. The lowest BCUT2D eigenvalue weighted by Gasteiger charge is -2.12. The third-order valence-corrected chi connectivity index (χ3v) is 10.9. The van der Waals surface area contributed by atoms with Crippen molar-refractivity contribution in [1.29, 1.82) is 0 Å². The summed E-state index contributed by atoms with van der Waals surface area (Å²) in [6.07, 6.45) is 0. The molecule has 0 atom stereocenters. The average Bonchev–Trinajstić information content (AvgIpc) is 3.97. The first-order chi connectivity index (χ1) is 25.7. The lowest BCUT2D eigenvalue weighted by molar-refractivity contribution is 0.870. The Labute approximate surface area is 296 Å². The van der Waals surface area contributed by atoms with Gasteiger partial charge in [-0.3, -0.25) is 13.5 Å². The average molecular weight is 668 g/mol. The third-order valence-electron chi connectivity index (χ3n) is 10.9. The van der Waals surface area contributed by atoms with Crippen LogP contribution in [0.1, 0.15) is 0 Å². The number of hydrogen-bond acceptors (Lipinski definition) is 2. The smallest absolute Gasteiger partial charge is 0.220 e. The van der Waals surface area contributed by atoms with Crippen LogP contribution in [-0.2, 0) is 7.05 Å². The summed E-state index contributed by atoms with van der Waals surface area (Å²) in [7, 11) is 2.11. The Bertz CT molecular complexity index is 3440. The van der Waals surface area contributed by atoms with Crippen molar-refractivity contribution in [3.8, 4) is 17.3 Å². The molecule has 0 unspecified atom stereocenters. The molecule has 0 N–H and O–H groups in total. The summed E-state index contributed by atoms with van der Waals surface area (Å²) < 4.78 is 11.5. The van der Waals surface area contributed by atoms with Crippen LogP contribution in [0.3, 0.4) is 0 Å². The molecule has 0 bridgehead atoms. The van der Waals surface area contributed by atoms with Gasteiger partial charge in [-0.2, -0.15) is 0 Å².